The van der Waals surface area contributed by atoms with E-state index in [9.17, 15) is 4.79 Å². The summed E-state index contributed by atoms with van der Waals surface area (Å²) in [6.07, 6.45) is 7.35. The predicted molar refractivity (Wildman–Crippen MR) is 81.8 cm³/mol. The lowest BCUT2D eigenvalue weighted by Gasteiger charge is -2.59. The Morgan fingerprint density at radius 3 is 2.67 bits per heavy atom. The quantitative estimate of drug-likeness (QED) is 0.574. The summed E-state index contributed by atoms with van der Waals surface area (Å²) in [6.45, 7) is 9.57. The van der Waals surface area contributed by atoms with Crippen LogP contribution in [-0.4, -0.2) is 24.8 Å². The molecule has 118 valence electrons. The molecule has 3 heteroatoms. The van der Waals surface area contributed by atoms with Gasteiger partial charge in [-0.2, -0.15) is 0 Å². The molecule has 1 saturated carbocycles. The molecule has 1 aliphatic heterocycles. The number of hydrogen-bond acceptors (Lipinski definition) is 3. The van der Waals surface area contributed by atoms with Gasteiger partial charge in [0.1, 0.15) is 0 Å². The van der Waals surface area contributed by atoms with E-state index in [0.717, 1.165) is 6.61 Å². The zero-order chi connectivity index (χ0) is 15.3. The molecule has 3 nitrogen and oxygen atoms in total. The molecule has 1 spiro atoms. The van der Waals surface area contributed by atoms with Crippen LogP contribution in [0.2, 0.25) is 0 Å². The zero-order valence-electron chi connectivity index (χ0n) is 13.8. The summed E-state index contributed by atoms with van der Waals surface area (Å²) in [5.41, 5.74) is 1.49. The lowest BCUT2D eigenvalue weighted by molar-refractivity contribution is -0.217. The molecule has 3 rings (SSSR count). The van der Waals surface area contributed by atoms with Crippen LogP contribution in [0.3, 0.4) is 0 Å². The van der Waals surface area contributed by atoms with Gasteiger partial charge in [0.05, 0.1) is 18.8 Å². The van der Waals surface area contributed by atoms with Crippen molar-refractivity contribution in [2.75, 3.05) is 13.2 Å². The number of allylic oxidation sites excluding steroid dienone is 1. The van der Waals surface area contributed by atoms with Crippen molar-refractivity contribution in [2.24, 2.45) is 23.2 Å². The van der Waals surface area contributed by atoms with Crippen molar-refractivity contribution in [2.45, 2.75) is 59.0 Å². The third-order valence-corrected chi connectivity index (χ3v) is 6.51. The van der Waals surface area contributed by atoms with Crippen LogP contribution in [0.15, 0.2) is 11.6 Å². The number of carbonyl (C=O) groups excluding carboxylic acids is 1. The minimum absolute atomic E-state index is 0.0519. The summed E-state index contributed by atoms with van der Waals surface area (Å²) in [5.74, 6) is 1.19. The standard InChI is InChI=1S/C18H28O3/c1-12-9-13(2)17(10-20-15(4)19)11-21-18(7-5-6-8-18)16(12)14(17)3/h9,13-14,16H,5-8,10-11H2,1-4H3/t13-,14-,16+,17-/m0/s1. The molecule has 0 radical (unpaired) electrons. The van der Waals surface area contributed by atoms with Gasteiger partial charge in [0.25, 0.3) is 0 Å². The van der Waals surface area contributed by atoms with E-state index >= 15 is 0 Å². The molecule has 2 bridgehead atoms. The van der Waals surface area contributed by atoms with Crippen molar-refractivity contribution in [1.82, 2.24) is 0 Å². The third kappa shape index (κ3) is 2.16. The number of esters is 1. The molecule has 0 aromatic carbocycles. The van der Waals surface area contributed by atoms with Gasteiger partial charge in [-0.15, -0.1) is 0 Å². The second-order valence-corrected chi connectivity index (χ2v) is 7.54. The van der Waals surface area contributed by atoms with E-state index in [2.05, 4.69) is 26.8 Å². The van der Waals surface area contributed by atoms with E-state index in [0.29, 0.717) is 24.4 Å². The van der Waals surface area contributed by atoms with Crippen molar-refractivity contribution < 1.29 is 14.3 Å². The Labute approximate surface area is 128 Å². The molecule has 0 N–H and O–H groups in total. The van der Waals surface area contributed by atoms with Crippen LogP contribution in [0.4, 0.5) is 0 Å². The molecule has 2 aliphatic carbocycles. The third-order valence-electron chi connectivity index (χ3n) is 6.51. The average molecular weight is 292 g/mol. The molecule has 0 unspecified atom stereocenters. The Kier molecular flexibility index (Phi) is 3.67. The Bertz CT molecular complexity index is 461. The molecule has 0 aromatic rings. The van der Waals surface area contributed by atoms with Gasteiger partial charge in [-0.25, -0.2) is 0 Å². The van der Waals surface area contributed by atoms with Gasteiger partial charge in [-0.3, -0.25) is 4.79 Å². The van der Waals surface area contributed by atoms with Gasteiger partial charge >= 0.3 is 5.97 Å². The van der Waals surface area contributed by atoms with Gasteiger partial charge < -0.3 is 9.47 Å². The fraction of sp³-hybridized carbons (Fsp3) is 0.833. The highest BCUT2D eigenvalue weighted by Gasteiger charge is 2.60. The molecular formula is C18H28O3. The summed E-state index contributed by atoms with van der Waals surface area (Å²) < 4.78 is 11.9. The van der Waals surface area contributed by atoms with Crippen molar-refractivity contribution in [1.29, 1.82) is 0 Å². The number of hydrogen-bond donors (Lipinski definition) is 0. The maximum absolute atomic E-state index is 11.3. The summed E-state index contributed by atoms with van der Waals surface area (Å²) in [5, 5.41) is 0. The van der Waals surface area contributed by atoms with E-state index in [1.165, 1.54) is 38.2 Å². The number of rotatable bonds is 2. The first-order valence-corrected chi connectivity index (χ1v) is 8.37. The van der Waals surface area contributed by atoms with E-state index in [1.807, 2.05) is 0 Å². The Morgan fingerprint density at radius 1 is 1.38 bits per heavy atom. The maximum Gasteiger partial charge on any atom is 0.302 e. The van der Waals surface area contributed by atoms with Crippen LogP contribution in [0.5, 0.6) is 0 Å². The van der Waals surface area contributed by atoms with Crippen molar-refractivity contribution in [3.05, 3.63) is 11.6 Å². The monoisotopic (exact) mass is 292 g/mol. The highest BCUT2D eigenvalue weighted by atomic mass is 16.5. The molecular weight excluding hydrogens is 264 g/mol. The summed E-state index contributed by atoms with van der Waals surface area (Å²) in [6, 6.07) is 0. The largest absolute Gasteiger partial charge is 0.465 e. The fourth-order valence-corrected chi connectivity index (χ4v) is 5.28. The van der Waals surface area contributed by atoms with Crippen molar-refractivity contribution in [3.63, 3.8) is 0 Å². The molecule has 4 atom stereocenters. The van der Waals surface area contributed by atoms with Gasteiger partial charge in [0, 0.05) is 18.3 Å². The summed E-state index contributed by atoms with van der Waals surface area (Å²) >= 11 is 0. The normalized spacial score (nSPS) is 41.0. The molecule has 1 heterocycles. The van der Waals surface area contributed by atoms with E-state index in [-0.39, 0.29) is 17.0 Å². The van der Waals surface area contributed by atoms with Gasteiger partial charge in [-0.05, 0) is 31.6 Å². The van der Waals surface area contributed by atoms with Gasteiger partial charge in [0.15, 0.2) is 0 Å². The van der Waals surface area contributed by atoms with Crippen LogP contribution < -0.4 is 0 Å². The lowest BCUT2D eigenvalue weighted by atomic mass is 9.53. The topological polar surface area (TPSA) is 35.5 Å². The first-order chi connectivity index (χ1) is 9.91. The number of ether oxygens (including phenoxy) is 2. The molecule has 21 heavy (non-hydrogen) atoms. The predicted octanol–water partition coefficient (Wildman–Crippen LogP) is 3.73. The Balaban J connectivity index is 1.95. The number of carbonyl (C=O) groups is 1. The smallest absolute Gasteiger partial charge is 0.302 e. The van der Waals surface area contributed by atoms with E-state index in [1.54, 1.807) is 0 Å². The number of fused-ring (bicyclic) bond motifs is 3. The molecule has 0 aromatic heterocycles. The second kappa shape index (κ2) is 5.12. The molecule has 2 fully saturated rings. The Hall–Kier alpha value is -0.830. The van der Waals surface area contributed by atoms with Crippen molar-refractivity contribution in [3.8, 4) is 0 Å². The second-order valence-electron chi connectivity index (χ2n) is 7.54. The zero-order valence-corrected chi connectivity index (χ0v) is 13.8. The Morgan fingerprint density at radius 2 is 2.05 bits per heavy atom. The van der Waals surface area contributed by atoms with Crippen molar-refractivity contribution >= 4 is 5.97 Å². The minimum Gasteiger partial charge on any atom is -0.465 e. The first kappa shape index (κ1) is 15.1. The average Bonchev–Trinajstić information content (AvgIpc) is 2.86. The van der Waals surface area contributed by atoms with E-state index < -0.39 is 0 Å². The highest BCUT2D eigenvalue weighted by Crippen LogP contribution is 2.59. The van der Waals surface area contributed by atoms with Crippen LogP contribution in [0.25, 0.3) is 0 Å². The fourth-order valence-electron chi connectivity index (χ4n) is 5.28. The van der Waals surface area contributed by atoms with Crippen LogP contribution >= 0.6 is 0 Å². The lowest BCUT2D eigenvalue weighted by Crippen LogP contribution is -2.61. The molecule has 0 amide bonds. The van der Waals surface area contributed by atoms with E-state index in [4.69, 9.17) is 9.47 Å². The first-order valence-electron chi connectivity index (χ1n) is 8.37. The van der Waals surface area contributed by atoms with Gasteiger partial charge in [0.2, 0.25) is 0 Å². The summed E-state index contributed by atoms with van der Waals surface area (Å²) in [4.78, 5) is 11.3. The minimum atomic E-state index is -0.187. The maximum atomic E-state index is 11.3. The van der Waals surface area contributed by atoms with Gasteiger partial charge in [-0.1, -0.05) is 38.3 Å². The highest BCUT2D eigenvalue weighted by molar-refractivity contribution is 5.66. The SMILES string of the molecule is CC(=O)OC[C@]12COC3(CCCC3)[C@H](C(C)=C[C@@H]1C)[C@@H]2C. The van der Waals surface area contributed by atoms with Crippen LogP contribution in [-0.2, 0) is 14.3 Å². The van der Waals surface area contributed by atoms with Crippen LogP contribution in [0, 0.1) is 23.2 Å². The molecule has 1 saturated heterocycles. The molecule has 3 aliphatic rings. The van der Waals surface area contributed by atoms with Crippen LogP contribution in [0.1, 0.15) is 53.4 Å². The summed E-state index contributed by atoms with van der Waals surface area (Å²) in [7, 11) is 0.